The van der Waals surface area contributed by atoms with Gasteiger partial charge in [0.25, 0.3) is 0 Å². The summed E-state index contributed by atoms with van der Waals surface area (Å²) in [4.78, 5) is 15.5. The molecule has 1 aliphatic heterocycles. The van der Waals surface area contributed by atoms with Crippen LogP contribution in [0.25, 0.3) is 0 Å². The SMILES string of the molecule is O=C(Nc1cc(Cl)cc(Cl)c1)N1CCN(c2nnc(C(F)(F)F)s2)CC1. The average molecular weight is 426 g/mol. The first kappa shape index (κ1) is 19.0. The number of nitrogens with zero attached hydrogens (tertiary/aromatic N) is 4. The zero-order valence-corrected chi connectivity index (χ0v) is 15.4. The van der Waals surface area contributed by atoms with E-state index in [0.717, 1.165) is 0 Å². The quantitative estimate of drug-likeness (QED) is 0.782. The molecule has 0 radical (unpaired) electrons. The lowest BCUT2D eigenvalue weighted by atomic mass is 10.3. The van der Waals surface area contributed by atoms with Gasteiger partial charge in [-0.2, -0.15) is 13.2 Å². The minimum atomic E-state index is -4.50. The normalized spacial score (nSPS) is 15.3. The first-order chi connectivity index (χ1) is 12.2. The number of piperazine rings is 1. The van der Waals surface area contributed by atoms with Crippen LogP contribution in [0.1, 0.15) is 5.01 Å². The first-order valence-electron chi connectivity index (χ1n) is 7.40. The molecule has 0 aliphatic carbocycles. The zero-order chi connectivity index (χ0) is 18.9. The van der Waals surface area contributed by atoms with Gasteiger partial charge < -0.3 is 15.1 Å². The van der Waals surface area contributed by atoms with Crippen molar-refractivity contribution in [1.29, 1.82) is 0 Å². The van der Waals surface area contributed by atoms with Gasteiger partial charge in [0.15, 0.2) is 0 Å². The number of alkyl halides is 3. The summed E-state index contributed by atoms with van der Waals surface area (Å²) in [5, 5.41) is 9.47. The summed E-state index contributed by atoms with van der Waals surface area (Å²) >= 11 is 12.3. The molecular weight excluding hydrogens is 414 g/mol. The molecule has 0 unspecified atom stereocenters. The highest BCUT2D eigenvalue weighted by Gasteiger charge is 2.36. The highest BCUT2D eigenvalue weighted by atomic mass is 35.5. The fourth-order valence-electron chi connectivity index (χ4n) is 2.39. The number of hydrogen-bond acceptors (Lipinski definition) is 5. The Labute approximate surface area is 160 Å². The third kappa shape index (κ3) is 4.49. The van der Waals surface area contributed by atoms with Gasteiger partial charge in [0, 0.05) is 41.9 Å². The van der Waals surface area contributed by atoms with Crippen molar-refractivity contribution in [2.24, 2.45) is 0 Å². The lowest BCUT2D eigenvalue weighted by molar-refractivity contribution is -0.138. The van der Waals surface area contributed by atoms with E-state index in [9.17, 15) is 18.0 Å². The van der Waals surface area contributed by atoms with Crippen LogP contribution in [0.15, 0.2) is 18.2 Å². The smallest absolute Gasteiger partial charge is 0.343 e. The molecule has 1 fully saturated rings. The van der Waals surface area contributed by atoms with E-state index < -0.39 is 11.2 Å². The Morgan fingerprint density at radius 1 is 1.08 bits per heavy atom. The third-order valence-electron chi connectivity index (χ3n) is 3.61. The topological polar surface area (TPSA) is 61.4 Å². The van der Waals surface area contributed by atoms with E-state index in [2.05, 4.69) is 15.5 Å². The standard InChI is InChI=1S/C14H12Cl2F3N5OS/c15-8-5-9(16)7-10(6-8)20-12(25)23-1-3-24(4-2-23)13-22-21-11(26-13)14(17,18)19/h5-7H,1-4H2,(H,20,25). The maximum absolute atomic E-state index is 12.6. The average Bonchev–Trinajstić information content (AvgIpc) is 3.04. The zero-order valence-electron chi connectivity index (χ0n) is 13.1. The van der Waals surface area contributed by atoms with Gasteiger partial charge in [-0.25, -0.2) is 4.79 Å². The van der Waals surface area contributed by atoms with Crippen molar-refractivity contribution in [2.45, 2.75) is 6.18 Å². The number of rotatable bonds is 2. The van der Waals surface area contributed by atoms with Crippen LogP contribution in [0.4, 0.5) is 28.8 Å². The van der Waals surface area contributed by atoms with E-state index >= 15 is 0 Å². The van der Waals surface area contributed by atoms with E-state index in [1.165, 1.54) is 0 Å². The summed E-state index contributed by atoms with van der Waals surface area (Å²) in [6, 6.07) is 4.36. The number of carbonyl (C=O) groups is 1. The van der Waals surface area contributed by atoms with Crippen LogP contribution in [0.2, 0.25) is 10.0 Å². The van der Waals surface area contributed by atoms with Gasteiger partial charge in [0.1, 0.15) is 0 Å². The van der Waals surface area contributed by atoms with Crippen LogP contribution in [0.5, 0.6) is 0 Å². The second-order valence-corrected chi connectivity index (χ2v) is 7.28. The molecule has 140 valence electrons. The molecule has 1 N–H and O–H groups in total. The second kappa shape index (κ2) is 7.45. The predicted octanol–water partition coefficient (Wildman–Crippen LogP) is 4.22. The lowest BCUT2D eigenvalue weighted by Crippen LogP contribution is -2.50. The van der Waals surface area contributed by atoms with Crippen LogP contribution in [-0.4, -0.2) is 47.3 Å². The molecule has 1 saturated heterocycles. The van der Waals surface area contributed by atoms with Gasteiger partial charge >= 0.3 is 12.2 Å². The number of anilines is 2. The van der Waals surface area contributed by atoms with E-state index in [1.807, 2.05) is 0 Å². The van der Waals surface area contributed by atoms with Crippen LogP contribution < -0.4 is 10.2 Å². The summed E-state index contributed by atoms with van der Waals surface area (Å²) in [5.74, 6) is 0. The van der Waals surface area contributed by atoms with Crippen LogP contribution >= 0.6 is 34.5 Å². The molecule has 2 aromatic rings. The lowest BCUT2D eigenvalue weighted by Gasteiger charge is -2.34. The van der Waals surface area contributed by atoms with Gasteiger partial charge in [-0.05, 0) is 18.2 Å². The summed E-state index contributed by atoms with van der Waals surface area (Å²) < 4.78 is 37.8. The van der Waals surface area contributed by atoms with Crippen molar-refractivity contribution in [1.82, 2.24) is 15.1 Å². The van der Waals surface area contributed by atoms with Crippen molar-refractivity contribution in [3.05, 3.63) is 33.3 Å². The summed E-state index contributed by atoms with van der Waals surface area (Å²) in [7, 11) is 0. The fourth-order valence-corrected chi connectivity index (χ4v) is 3.68. The van der Waals surface area contributed by atoms with E-state index in [0.29, 0.717) is 53.2 Å². The maximum Gasteiger partial charge on any atom is 0.445 e. The van der Waals surface area contributed by atoms with Gasteiger partial charge in [-0.15, -0.1) is 10.2 Å². The molecule has 0 spiro atoms. The molecule has 0 atom stereocenters. The molecule has 6 nitrogen and oxygen atoms in total. The van der Waals surface area contributed by atoms with Crippen molar-refractivity contribution < 1.29 is 18.0 Å². The summed E-state index contributed by atoms with van der Waals surface area (Å²) in [6.45, 7) is 1.38. The Hall–Kier alpha value is -1.78. The van der Waals surface area contributed by atoms with E-state index in [1.54, 1.807) is 28.0 Å². The van der Waals surface area contributed by atoms with Crippen molar-refractivity contribution in [3.63, 3.8) is 0 Å². The van der Waals surface area contributed by atoms with Gasteiger partial charge in [-0.1, -0.05) is 34.5 Å². The van der Waals surface area contributed by atoms with E-state index in [4.69, 9.17) is 23.2 Å². The summed E-state index contributed by atoms with van der Waals surface area (Å²) in [6.07, 6.45) is -4.50. The molecule has 1 aromatic heterocycles. The number of halogens is 5. The predicted molar refractivity (Wildman–Crippen MR) is 94.2 cm³/mol. The molecular formula is C14H12Cl2F3N5OS. The molecule has 0 bridgehead atoms. The Morgan fingerprint density at radius 2 is 1.69 bits per heavy atom. The number of carbonyl (C=O) groups excluding carboxylic acids is 1. The highest BCUT2D eigenvalue weighted by molar-refractivity contribution is 7.15. The third-order valence-corrected chi connectivity index (χ3v) is 5.07. The maximum atomic E-state index is 12.6. The Morgan fingerprint density at radius 3 is 2.23 bits per heavy atom. The first-order valence-corrected chi connectivity index (χ1v) is 8.97. The minimum absolute atomic E-state index is 0.194. The Bertz CT molecular complexity index is 788. The number of aromatic nitrogens is 2. The molecule has 1 aromatic carbocycles. The highest BCUT2D eigenvalue weighted by Crippen LogP contribution is 2.34. The molecule has 2 amide bonds. The minimum Gasteiger partial charge on any atom is -0.343 e. The number of amides is 2. The molecule has 12 heteroatoms. The Balaban J connectivity index is 1.58. The van der Waals surface area contributed by atoms with Crippen molar-refractivity contribution in [2.75, 3.05) is 36.4 Å². The van der Waals surface area contributed by atoms with Crippen LogP contribution in [0.3, 0.4) is 0 Å². The fraction of sp³-hybridized carbons (Fsp3) is 0.357. The van der Waals surface area contributed by atoms with Crippen molar-refractivity contribution in [3.8, 4) is 0 Å². The molecule has 1 aliphatic rings. The monoisotopic (exact) mass is 425 g/mol. The Kier molecular flexibility index (Phi) is 5.44. The van der Waals surface area contributed by atoms with E-state index in [-0.39, 0.29) is 11.2 Å². The van der Waals surface area contributed by atoms with Gasteiger partial charge in [-0.3, -0.25) is 0 Å². The number of nitrogens with one attached hydrogen (secondary N) is 1. The van der Waals surface area contributed by atoms with Crippen LogP contribution in [0, 0.1) is 0 Å². The van der Waals surface area contributed by atoms with Gasteiger partial charge in [0.2, 0.25) is 10.1 Å². The van der Waals surface area contributed by atoms with Gasteiger partial charge in [0.05, 0.1) is 0 Å². The molecule has 26 heavy (non-hydrogen) atoms. The molecule has 3 rings (SSSR count). The molecule has 2 heterocycles. The summed E-state index contributed by atoms with van der Waals surface area (Å²) in [5.41, 5.74) is 0.467. The number of urea groups is 1. The number of benzene rings is 1. The largest absolute Gasteiger partial charge is 0.445 e. The number of hydrogen-bond donors (Lipinski definition) is 1. The van der Waals surface area contributed by atoms with Crippen molar-refractivity contribution >= 4 is 51.4 Å². The van der Waals surface area contributed by atoms with Crippen LogP contribution in [-0.2, 0) is 6.18 Å². The second-order valence-electron chi connectivity index (χ2n) is 5.45. The molecule has 0 saturated carbocycles.